The molecule has 0 aromatic carbocycles. The van der Waals surface area contributed by atoms with Crippen molar-refractivity contribution in [3.8, 4) is 0 Å². The molecule has 18 heavy (non-hydrogen) atoms. The second-order valence-corrected chi connectivity index (χ2v) is 6.02. The van der Waals surface area contributed by atoms with Crippen LogP contribution in [-0.2, 0) is 11.3 Å². The molecule has 0 amide bonds. The van der Waals surface area contributed by atoms with Gasteiger partial charge in [0.15, 0.2) is 0 Å². The first kappa shape index (κ1) is 13.5. The average molecular weight is 252 g/mol. The van der Waals surface area contributed by atoms with Gasteiger partial charge in [-0.25, -0.2) is 4.98 Å². The number of hydrogen-bond donors (Lipinski definition) is 2. The van der Waals surface area contributed by atoms with Gasteiger partial charge in [-0.2, -0.15) is 0 Å². The predicted molar refractivity (Wildman–Crippen MR) is 71.4 cm³/mol. The summed E-state index contributed by atoms with van der Waals surface area (Å²) >= 11 is 0. The highest BCUT2D eigenvalue weighted by Gasteiger charge is 2.22. The number of likely N-dealkylation sites (N-methyl/N-ethyl adjacent to an activating group) is 1. The number of nitrogens with one attached hydrogen (secondary N) is 2. The minimum absolute atomic E-state index is 0.0761. The van der Waals surface area contributed by atoms with Crippen LogP contribution in [-0.4, -0.2) is 47.2 Å². The fourth-order valence-electron chi connectivity index (χ4n) is 1.93. The van der Waals surface area contributed by atoms with E-state index in [1.807, 2.05) is 6.20 Å². The molecule has 0 bridgehead atoms. The van der Waals surface area contributed by atoms with Gasteiger partial charge in [-0.3, -0.25) is 0 Å². The molecule has 5 nitrogen and oxygen atoms in total. The second-order valence-electron chi connectivity index (χ2n) is 6.02. The van der Waals surface area contributed by atoms with Crippen LogP contribution in [0.25, 0.3) is 0 Å². The molecule has 2 rings (SSSR count). The van der Waals surface area contributed by atoms with Gasteiger partial charge in [-0.1, -0.05) is 0 Å². The van der Waals surface area contributed by atoms with E-state index in [0.29, 0.717) is 0 Å². The molecular formula is C13H24N4O. The van der Waals surface area contributed by atoms with Gasteiger partial charge in [0, 0.05) is 37.1 Å². The Balaban J connectivity index is 1.93. The first-order chi connectivity index (χ1) is 8.44. The predicted octanol–water partition coefficient (Wildman–Crippen LogP) is 1.30. The summed E-state index contributed by atoms with van der Waals surface area (Å²) in [5.74, 6) is 0.937. The zero-order valence-corrected chi connectivity index (χ0v) is 11.8. The molecule has 1 fully saturated rings. The Labute approximate surface area is 109 Å². The molecule has 1 aliphatic rings. The SMILES string of the molecule is CN1CCOC(c2ncc(CNC(C)(C)C)[nH]2)C1. The quantitative estimate of drug-likeness (QED) is 0.851. The van der Waals surface area contributed by atoms with Crippen molar-refractivity contribution in [1.82, 2.24) is 20.2 Å². The number of aromatic amines is 1. The van der Waals surface area contributed by atoms with Crippen molar-refractivity contribution in [2.75, 3.05) is 26.7 Å². The standard InChI is InChI=1S/C13H24N4O/c1-13(2,3)15-8-10-7-14-12(16-10)11-9-17(4)5-6-18-11/h7,11,15H,5-6,8-9H2,1-4H3,(H,14,16). The Morgan fingerprint density at radius 2 is 2.33 bits per heavy atom. The summed E-state index contributed by atoms with van der Waals surface area (Å²) in [6.07, 6.45) is 1.97. The topological polar surface area (TPSA) is 53.2 Å². The van der Waals surface area contributed by atoms with Crippen LogP contribution in [0.5, 0.6) is 0 Å². The van der Waals surface area contributed by atoms with Crippen LogP contribution in [0, 0.1) is 0 Å². The maximum atomic E-state index is 5.74. The Kier molecular flexibility index (Phi) is 4.04. The van der Waals surface area contributed by atoms with Gasteiger partial charge in [0.25, 0.3) is 0 Å². The van der Waals surface area contributed by atoms with Gasteiger partial charge in [0.1, 0.15) is 11.9 Å². The van der Waals surface area contributed by atoms with Gasteiger partial charge in [0.05, 0.1) is 6.61 Å². The van der Waals surface area contributed by atoms with Crippen molar-refractivity contribution >= 4 is 0 Å². The molecule has 5 heteroatoms. The van der Waals surface area contributed by atoms with Crippen LogP contribution < -0.4 is 5.32 Å². The summed E-state index contributed by atoms with van der Waals surface area (Å²) in [6, 6.07) is 0. The molecule has 0 aliphatic carbocycles. The minimum atomic E-state index is 0.0761. The van der Waals surface area contributed by atoms with Crippen LogP contribution in [0.1, 0.15) is 38.4 Å². The number of nitrogens with zero attached hydrogens (tertiary/aromatic N) is 2. The summed E-state index contributed by atoms with van der Waals surface area (Å²) < 4.78 is 5.74. The second kappa shape index (κ2) is 5.38. The van der Waals surface area contributed by atoms with E-state index in [1.54, 1.807) is 0 Å². The molecule has 2 heterocycles. The molecule has 1 aliphatic heterocycles. The summed E-state index contributed by atoms with van der Waals surface area (Å²) in [5, 5.41) is 3.44. The molecule has 1 atom stereocenters. The third-order valence-corrected chi connectivity index (χ3v) is 3.03. The third-order valence-electron chi connectivity index (χ3n) is 3.03. The highest BCUT2D eigenvalue weighted by atomic mass is 16.5. The van der Waals surface area contributed by atoms with Gasteiger partial charge < -0.3 is 19.9 Å². The van der Waals surface area contributed by atoms with E-state index in [9.17, 15) is 0 Å². The molecule has 2 N–H and O–H groups in total. The minimum Gasteiger partial charge on any atom is -0.368 e. The third kappa shape index (κ3) is 3.80. The zero-order valence-electron chi connectivity index (χ0n) is 11.8. The number of imidazole rings is 1. The normalized spacial score (nSPS) is 22.3. The zero-order chi connectivity index (χ0) is 13.2. The molecule has 1 unspecified atom stereocenters. The lowest BCUT2D eigenvalue weighted by Gasteiger charge is -2.28. The molecular weight excluding hydrogens is 228 g/mol. The summed E-state index contributed by atoms with van der Waals surface area (Å²) in [6.45, 7) is 9.95. The van der Waals surface area contributed by atoms with Crippen molar-refractivity contribution in [2.24, 2.45) is 0 Å². The van der Waals surface area contributed by atoms with E-state index in [0.717, 1.165) is 37.8 Å². The Bertz CT molecular complexity index is 383. The van der Waals surface area contributed by atoms with Gasteiger partial charge >= 0.3 is 0 Å². The smallest absolute Gasteiger partial charge is 0.136 e. The van der Waals surface area contributed by atoms with Crippen molar-refractivity contribution in [3.63, 3.8) is 0 Å². The lowest BCUT2D eigenvalue weighted by atomic mass is 10.1. The molecule has 1 saturated heterocycles. The fourth-order valence-corrected chi connectivity index (χ4v) is 1.93. The molecule has 1 aromatic heterocycles. The highest BCUT2D eigenvalue weighted by Crippen LogP contribution is 2.18. The molecule has 102 valence electrons. The maximum Gasteiger partial charge on any atom is 0.136 e. The Morgan fingerprint density at radius 1 is 1.56 bits per heavy atom. The van der Waals surface area contributed by atoms with Crippen molar-refractivity contribution < 1.29 is 4.74 Å². The first-order valence-electron chi connectivity index (χ1n) is 6.53. The number of hydrogen-bond acceptors (Lipinski definition) is 4. The summed E-state index contributed by atoms with van der Waals surface area (Å²) in [5.41, 5.74) is 1.23. The van der Waals surface area contributed by atoms with E-state index < -0.39 is 0 Å². The number of aromatic nitrogens is 2. The maximum absolute atomic E-state index is 5.74. The van der Waals surface area contributed by atoms with Crippen molar-refractivity contribution in [2.45, 2.75) is 39.0 Å². The number of morpholine rings is 1. The Morgan fingerprint density at radius 3 is 3.00 bits per heavy atom. The van der Waals surface area contributed by atoms with Crippen molar-refractivity contribution in [1.29, 1.82) is 0 Å². The van der Waals surface area contributed by atoms with Gasteiger partial charge in [-0.15, -0.1) is 0 Å². The van der Waals surface area contributed by atoms with Crippen molar-refractivity contribution in [3.05, 3.63) is 17.7 Å². The largest absolute Gasteiger partial charge is 0.368 e. The van der Waals surface area contributed by atoms with E-state index in [1.165, 1.54) is 0 Å². The monoisotopic (exact) mass is 252 g/mol. The lowest BCUT2D eigenvalue weighted by Crippen LogP contribution is -2.36. The fraction of sp³-hybridized carbons (Fsp3) is 0.769. The first-order valence-corrected chi connectivity index (χ1v) is 6.53. The van der Waals surface area contributed by atoms with E-state index in [2.05, 4.69) is 48.0 Å². The van der Waals surface area contributed by atoms with Crippen LogP contribution in [0.4, 0.5) is 0 Å². The van der Waals surface area contributed by atoms with E-state index in [4.69, 9.17) is 4.74 Å². The van der Waals surface area contributed by atoms with E-state index in [-0.39, 0.29) is 11.6 Å². The molecule has 0 spiro atoms. The van der Waals surface area contributed by atoms with Gasteiger partial charge in [0.2, 0.25) is 0 Å². The molecule has 0 radical (unpaired) electrons. The highest BCUT2D eigenvalue weighted by molar-refractivity contribution is 5.05. The Hall–Kier alpha value is -0.910. The van der Waals surface area contributed by atoms with Crippen LogP contribution >= 0.6 is 0 Å². The van der Waals surface area contributed by atoms with Gasteiger partial charge in [-0.05, 0) is 27.8 Å². The number of ether oxygens (including phenoxy) is 1. The molecule has 1 aromatic rings. The molecule has 0 saturated carbocycles. The van der Waals surface area contributed by atoms with E-state index >= 15 is 0 Å². The summed E-state index contributed by atoms with van der Waals surface area (Å²) in [4.78, 5) is 10.0. The number of H-pyrrole nitrogens is 1. The number of rotatable bonds is 3. The average Bonchev–Trinajstić information content (AvgIpc) is 2.74. The van der Waals surface area contributed by atoms with Crippen LogP contribution in [0.15, 0.2) is 6.20 Å². The summed E-state index contributed by atoms with van der Waals surface area (Å²) in [7, 11) is 2.11. The van der Waals surface area contributed by atoms with Crippen LogP contribution in [0.3, 0.4) is 0 Å². The lowest BCUT2D eigenvalue weighted by molar-refractivity contribution is -0.0251. The van der Waals surface area contributed by atoms with Crippen LogP contribution in [0.2, 0.25) is 0 Å².